The van der Waals surface area contributed by atoms with E-state index in [9.17, 15) is 28.4 Å². The molecule has 1 saturated heterocycles. The highest BCUT2D eigenvalue weighted by Gasteiger charge is 2.57. The van der Waals surface area contributed by atoms with Crippen LogP contribution < -0.4 is 9.80 Å². The maximum absolute atomic E-state index is 13.5. The van der Waals surface area contributed by atoms with Crippen LogP contribution in [0.2, 0.25) is 0 Å². The minimum atomic E-state index is -4.92. The summed E-state index contributed by atoms with van der Waals surface area (Å²) in [5.74, 6) is 0. The van der Waals surface area contributed by atoms with Gasteiger partial charge >= 0.3 is 6.18 Å². The van der Waals surface area contributed by atoms with Crippen LogP contribution in [0.15, 0.2) is 42.5 Å². The van der Waals surface area contributed by atoms with Gasteiger partial charge in [0.15, 0.2) is 11.3 Å². The highest BCUT2D eigenvalue weighted by Crippen LogP contribution is 2.49. The molecule has 1 aliphatic heterocycles. The van der Waals surface area contributed by atoms with Gasteiger partial charge in [0.05, 0.1) is 10.5 Å². The standard InChI is InChI=1S/C21H20F3N3O3S/c1-13-4-6-14(7-5-13)26-19(31)25(18(28)20(26)10-2-3-11-20)15-8-9-17(27(29)30)16(12-15)21(22,23)24/h4-9,12,18,28H,2-3,10-11H2,1H3. The summed E-state index contributed by atoms with van der Waals surface area (Å²) in [4.78, 5) is 13.1. The minimum absolute atomic E-state index is 0.0312. The molecule has 0 amide bonds. The van der Waals surface area contributed by atoms with Crippen molar-refractivity contribution in [3.05, 3.63) is 63.7 Å². The molecule has 1 atom stereocenters. The van der Waals surface area contributed by atoms with E-state index < -0.39 is 34.1 Å². The van der Waals surface area contributed by atoms with Gasteiger partial charge in [-0.15, -0.1) is 0 Å². The minimum Gasteiger partial charge on any atom is -0.371 e. The van der Waals surface area contributed by atoms with Crippen molar-refractivity contribution in [2.45, 2.75) is 50.6 Å². The zero-order valence-corrected chi connectivity index (χ0v) is 17.4. The SMILES string of the molecule is Cc1ccc(N2C(=S)N(c3ccc([N+](=O)[O-])c(C(F)(F)F)c3)C(O)C23CCCC3)cc1. The molecule has 0 aromatic heterocycles. The molecule has 164 valence electrons. The van der Waals surface area contributed by atoms with Crippen molar-refractivity contribution < 1.29 is 23.2 Å². The predicted molar refractivity (Wildman–Crippen MR) is 114 cm³/mol. The third kappa shape index (κ3) is 3.43. The quantitative estimate of drug-likeness (QED) is 0.395. The first-order valence-electron chi connectivity index (χ1n) is 9.80. The second-order valence-corrected chi connectivity index (χ2v) is 8.33. The molecule has 0 bridgehead atoms. The zero-order chi connectivity index (χ0) is 22.6. The molecule has 4 rings (SSSR count). The van der Waals surface area contributed by atoms with Gasteiger partial charge in [-0.3, -0.25) is 15.0 Å². The number of aliphatic hydroxyl groups is 1. The molecule has 1 saturated carbocycles. The van der Waals surface area contributed by atoms with Crippen molar-refractivity contribution in [2.24, 2.45) is 0 Å². The molecular weight excluding hydrogens is 431 g/mol. The lowest BCUT2D eigenvalue weighted by Crippen LogP contribution is -2.50. The molecule has 1 heterocycles. The molecule has 10 heteroatoms. The average Bonchev–Trinajstić information content (AvgIpc) is 3.26. The average molecular weight is 451 g/mol. The Hall–Kier alpha value is -2.72. The van der Waals surface area contributed by atoms with Gasteiger partial charge in [0.1, 0.15) is 5.56 Å². The number of halogens is 3. The first-order chi connectivity index (χ1) is 14.6. The number of alkyl halides is 3. The Morgan fingerprint density at radius 1 is 1.13 bits per heavy atom. The van der Waals surface area contributed by atoms with Gasteiger partial charge < -0.3 is 10.0 Å². The van der Waals surface area contributed by atoms with E-state index in [0.717, 1.165) is 30.2 Å². The number of aliphatic hydroxyl groups excluding tert-OH is 1. The molecule has 1 aliphatic carbocycles. The molecule has 31 heavy (non-hydrogen) atoms. The number of nitro benzene ring substituents is 1. The van der Waals surface area contributed by atoms with E-state index in [1.165, 1.54) is 11.0 Å². The third-order valence-electron chi connectivity index (χ3n) is 6.09. The number of aryl methyl sites for hydroxylation is 1. The highest BCUT2D eigenvalue weighted by atomic mass is 32.1. The summed E-state index contributed by atoms with van der Waals surface area (Å²) in [6.45, 7) is 1.94. The molecule has 2 aromatic rings. The van der Waals surface area contributed by atoms with Crippen molar-refractivity contribution in [3.8, 4) is 0 Å². The summed E-state index contributed by atoms with van der Waals surface area (Å²) in [6.07, 6.45) is -3.16. The second kappa shape index (κ2) is 7.45. The monoisotopic (exact) mass is 451 g/mol. The largest absolute Gasteiger partial charge is 0.423 e. The third-order valence-corrected chi connectivity index (χ3v) is 6.47. The summed E-state index contributed by atoms with van der Waals surface area (Å²) in [6, 6.07) is 10.2. The first-order valence-corrected chi connectivity index (χ1v) is 10.2. The van der Waals surface area contributed by atoms with Crippen LogP contribution in [-0.4, -0.2) is 26.9 Å². The number of benzene rings is 2. The molecule has 1 unspecified atom stereocenters. The zero-order valence-electron chi connectivity index (χ0n) is 16.6. The molecule has 2 fully saturated rings. The number of rotatable bonds is 3. The number of thiocarbonyl (C=S) groups is 1. The van der Waals surface area contributed by atoms with Crippen molar-refractivity contribution in [2.75, 3.05) is 9.80 Å². The lowest BCUT2D eigenvalue weighted by Gasteiger charge is -2.36. The topological polar surface area (TPSA) is 69.9 Å². The molecule has 2 aliphatic rings. The van der Waals surface area contributed by atoms with E-state index >= 15 is 0 Å². The van der Waals surface area contributed by atoms with E-state index in [0.29, 0.717) is 18.9 Å². The van der Waals surface area contributed by atoms with Crippen molar-refractivity contribution in [1.82, 2.24) is 0 Å². The van der Waals surface area contributed by atoms with Crippen molar-refractivity contribution >= 4 is 34.4 Å². The Kier molecular flexibility index (Phi) is 5.17. The van der Waals surface area contributed by atoms with Gasteiger partial charge in [-0.2, -0.15) is 13.2 Å². The highest BCUT2D eigenvalue weighted by molar-refractivity contribution is 7.80. The van der Waals surface area contributed by atoms with Gasteiger partial charge in [0.25, 0.3) is 5.69 Å². The summed E-state index contributed by atoms with van der Waals surface area (Å²) < 4.78 is 40.5. The Labute approximate surface area is 182 Å². The summed E-state index contributed by atoms with van der Waals surface area (Å²) >= 11 is 5.64. The van der Waals surface area contributed by atoms with Gasteiger partial charge in [0.2, 0.25) is 0 Å². The molecule has 6 nitrogen and oxygen atoms in total. The van der Waals surface area contributed by atoms with Gasteiger partial charge in [-0.1, -0.05) is 30.5 Å². The molecule has 1 spiro atoms. The van der Waals surface area contributed by atoms with Crippen molar-refractivity contribution in [1.29, 1.82) is 0 Å². The van der Waals surface area contributed by atoms with Crippen LogP contribution in [0.25, 0.3) is 0 Å². The normalized spacial score (nSPS) is 20.7. The Balaban J connectivity index is 1.83. The van der Waals surface area contributed by atoms with Crippen LogP contribution in [0, 0.1) is 17.0 Å². The molecule has 2 aromatic carbocycles. The molecule has 0 radical (unpaired) electrons. The molecule has 1 N–H and O–H groups in total. The first kappa shape index (κ1) is 21.5. The van der Waals surface area contributed by atoms with E-state index in [1.54, 1.807) is 0 Å². The fourth-order valence-electron chi connectivity index (χ4n) is 4.60. The Morgan fingerprint density at radius 2 is 1.71 bits per heavy atom. The fraction of sp³-hybridized carbons (Fsp3) is 0.381. The van der Waals surface area contributed by atoms with Crippen LogP contribution in [-0.2, 0) is 6.18 Å². The van der Waals surface area contributed by atoms with Crippen LogP contribution in [0.1, 0.15) is 36.8 Å². The van der Waals surface area contributed by atoms with Crippen molar-refractivity contribution in [3.63, 3.8) is 0 Å². The van der Waals surface area contributed by atoms with Crippen LogP contribution in [0.4, 0.5) is 30.2 Å². The molecular formula is C21H20F3N3O3S. The maximum atomic E-state index is 13.5. The van der Waals surface area contributed by atoms with E-state index in [4.69, 9.17) is 12.2 Å². The lowest BCUT2D eigenvalue weighted by molar-refractivity contribution is -0.388. The van der Waals surface area contributed by atoms with Crippen LogP contribution in [0.5, 0.6) is 0 Å². The van der Waals surface area contributed by atoms with E-state index in [-0.39, 0.29) is 10.8 Å². The fourth-order valence-corrected chi connectivity index (χ4v) is 5.09. The Morgan fingerprint density at radius 3 is 2.26 bits per heavy atom. The Bertz CT molecular complexity index is 1040. The van der Waals surface area contributed by atoms with E-state index in [2.05, 4.69) is 0 Å². The van der Waals surface area contributed by atoms with Crippen LogP contribution in [0.3, 0.4) is 0 Å². The summed E-state index contributed by atoms with van der Waals surface area (Å²) in [5, 5.41) is 22.6. The number of nitrogens with zero attached hydrogens (tertiary/aromatic N) is 3. The predicted octanol–water partition coefficient (Wildman–Crippen LogP) is 5.16. The van der Waals surface area contributed by atoms with Gasteiger partial charge in [0, 0.05) is 17.4 Å². The number of anilines is 2. The number of hydrogen-bond acceptors (Lipinski definition) is 4. The smallest absolute Gasteiger partial charge is 0.371 e. The second-order valence-electron chi connectivity index (χ2n) is 7.96. The maximum Gasteiger partial charge on any atom is 0.423 e. The summed E-state index contributed by atoms with van der Waals surface area (Å²) in [7, 11) is 0. The van der Waals surface area contributed by atoms with Crippen LogP contribution >= 0.6 is 12.2 Å². The van der Waals surface area contributed by atoms with Gasteiger partial charge in [-0.25, -0.2) is 0 Å². The number of nitro groups is 1. The summed E-state index contributed by atoms with van der Waals surface area (Å²) in [5.41, 5.74) is -1.43. The van der Waals surface area contributed by atoms with E-state index in [1.807, 2.05) is 36.1 Å². The lowest BCUT2D eigenvalue weighted by atomic mass is 9.93. The number of hydrogen-bond donors (Lipinski definition) is 1. The van der Waals surface area contributed by atoms with Gasteiger partial charge in [-0.05, 0) is 56.2 Å².